The van der Waals surface area contributed by atoms with Crippen LogP contribution < -0.4 is 4.90 Å². The third-order valence-corrected chi connectivity index (χ3v) is 5.86. The molecular weight excluding hydrogens is 374 g/mol. The summed E-state index contributed by atoms with van der Waals surface area (Å²) in [7, 11) is 0. The van der Waals surface area contributed by atoms with Crippen molar-refractivity contribution in [1.82, 2.24) is 0 Å². The van der Waals surface area contributed by atoms with Crippen molar-refractivity contribution in [3.8, 4) is 0 Å². The van der Waals surface area contributed by atoms with E-state index in [9.17, 15) is 0 Å². The smallest absolute Gasteiger partial charge is 0.0576 e. The topological polar surface area (TPSA) is 3.24 Å². The van der Waals surface area contributed by atoms with E-state index in [0.29, 0.717) is 0 Å². The Morgan fingerprint density at radius 3 is 1.52 bits per heavy atom. The summed E-state index contributed by atoms with van der Waals surface area (Å²) in [6.45, 7) is 15.7. The fraction of sp³-hybridized carbons (Fsp3) is 0.407. The first-order valence-corrected chi connectivity index (χ1v) is 10.9. The molecular formula is C27H34ClN. The highest BCUT2D eigenvalue weighted by Crippen LogP contribution is 2.36. The summed E-state index contributed by atoms with van der Waals surface area (Å²) >= 11 is 6.45. The van der Waals surface area contributed by atoms with Crippen LogP contribution in [0.2, 0.25) is 0 Å². The summed E-state index contributed by atoms with van der Waals surface area (Å²) in [6, 6.07) is 18.2. The van der Waals surface area contributed by atoms with Crippen LogP contribution in [0.1, 0.15) is 66.0 Å². The SMILES string of the molecule is CC1=CC(Cl)=CC(N(c2ccc(C(C)(C)C)cc2)c2ccc(C(C)(C)C)cc2)C1. The first-order valence-electron chi connectivity index (χ1n) is 10.5. The summed E-state index contributed by atoms with van der Waals surface area (Å²) in [5, 5.41) is 0.821. The fourth-order valence-corrected chi connectivity index (χ4v) is 4.19. The summed E-state index contributed by atoms with van der Waals surface area (Å²) in [5.74, 6) is 0. The number of allylic oxidation sites excluding steroid dienone is 2. The molecule has 2 aromatic rings. The van der Waals surface area contributed by atoms with Gasteiger partial charge in [0, 0.05) is 16.4 Å². The predicted octanol–water partition coefficient (Wildman–Crippen LogP) is 8.26. The number of nitrogens with zero attached hydrogens (tertiary/aromatic N) is 1. The van der Waals surface area contributed by atoms with Gasteiger partial charge in [-0.05, 0) is 71.7 Å². The van der Waals surface area contributed by atoms with Crippen molar-refractivity contribution in [2.45, 2.75) is 71.8 Å². The number of rotatable bonds is 3. The second-order valence-corrected chi connectivity index (χ2v) is 10.7. The molecule has 2 aromatic carbocycles. The Kier molecular flexibility index (Phi) is 6.01. The van der Waals surface area contributed by atoms with Gasteiger partial charge in [0.05, 0.1) is 6.04 Å². The Morgan fingerprint density at radius 1 is 0.759 bits per heavy atom. The lowest BCUT2D eigenvalue weighted by molar-refractivity contribution is 0.590. The zero-order chi connectivity index (χ0) is 21.4. The van der Waals surface area contributed by atoms with Crippen molar-refractivity contribution in [3.05, 3.63) is 82.4 Å². The Morgan fingerprint density at radius 2 is 1.17 bits per heavy atom. The lowest BCUT2D eigenvalue weighted by atomic mass is 9.86. The lowest BCUT2D eigenvalue weighted by Gasteiger charge is -2.35. The Balaban J connectivity index is 2.04. The van der Waals surface area contributed by atoms with Gasteiger partial charge in [0.1, 0.15) is 0 Å². The maximum atomic E-state index is 6.45. The number of halogens is 1. The van der Waals surface area contributed by atoms with Crippen molar-refractivity contribution in [3.63, 3.8) is 0 Å². The Labute approximate surface area is 182 Å². The summed E-state index contributed by atoms with van der Waals surface area (Å²) in [6.07, 6.45) is 5.21. The Hall–Kier alpha value is -1.99. The summed E-state index contributed by atoms with van der Waals surface area (Å²) < 4.78 is 0. The molecule has 1 unspecified atom stereocenters. The van der Waals surface area contributed by atoms with E-state index in [1.54, 1.807) is 0 Å². The van der Waals surface area contributed by atoms with Crippen LogP contribution >= 0.6 is 11.6 Å². The van der Waals surface area contributed by atoms with Gasteiger partial charge >= 0.3 is 0 Å². The zero-order valence-electron chi connectivity index (χ0n) is 18.9. The maximum absolute atomic E-state index is 6.45. The third kappa shape index (κ3) is 5.14. The normalized spacial score (nSPS) is 17.6. The molecule has 1 aliphatic carbocycles. The molecule has 2 heteroatoms. The molecule has 154 valence electrons. The van der Waals surface area contributed by atoms with Crippen molar-refractivity contribution in [2.75, 3.05) is 4.90 Å². The van der Waals surface area contributed by atoms with Crippen LogP contribution in [0, 0.1) is 0 Å². The molecule has 1 atom stereocenters. The zero-order valence-corrected chi connectivity index (χ0v) is 19.6. The molecule has 0 spiro atoms. The minimum Gasteiger partial charge on any atom is -0.334 e. The molecule has 0 saturated carbocycles. The average Bonchev–Trinajstić information content (AvgIpc) is 2.60. The van der Waals surface area contributed by atoms with Crippen LogP contribution in [0.15, 0.2) is 71.3 Å². The quantitative estimate of drug-likeness (QED) is 0.494. The minimum atomic E-state index is 0.144. The van der Waals surface area contributed by atoms with Crippen LogP contribution in [-0.4, -0.2) is 6.04 Å². The number of benzene rings is 2. The number of anilines is 2. The van der Waals surface area contributed by atoms with Crippen molar-refractivity contribution < 1.29 is 0 Å². The van der Waals surface area contributed by atoms with Crippen LogP contribution in [0.4, 0.5) is 11.4 Å². The van der Waals surface area contributed by atoms with Crippen molar-refractivity contribution in [1.29, 1.82) is 0 Å². The van der Waals surface area contributed by atoms with Gasteiger partial charge in [0.15, 0.2) is 0 Å². The van der Waals surface area contributed by atoms with Gasteiger partial charge in [-0.1, -0.05) is 83.0 Å². The highest BCUT2D eigenvalue weighted by molar-refractivity contribution is 6.31. The molecule has 0 bridgehead atoms. The van der Waals surface area contributed by atoms with Gasteiger partial charge in [-0.3, -0.25) is 0 Å². The third-order valence-electron chi connectivity index (χ3n) is 5.62. The molecule has 29 heavy (non-hydrogen) atoms. The van der Waals surface area contributed by atoms with Crippen molar-refractivity contribution in [2.24, 2.45) is 0 Å². The van der Waals surface area contributed by atoms with E-state index in [0.717, 1.165) is 11.5 Å². The minimum absolute atomic E-state index is 0.144. The fourth-order valence-electron chi connectivity index (χ4n) is 3.86. The van der Waals surface area contributed by atoms with Gasteiger partial charge in [-0.25, -0.2) is 0 Å². The van der Waals surface area contributed by atoms with Gasteiger partial charge in [-0.15, -0.1) is 0 Å². The highest BCUT2D eigenvalue weighted by Gasteiger charge is 2.24. The van der Waals surface area contributed by atoms with Crippen LogP contribution in [0.5, 0.6) is 0 Å². The lowest BCUT2D eigenvalue weighted by Crippen LogP contribution is -2.31. The second kappa shape index (κ2) is 8.03. The molecule has 0 amide bonds. The van der Waals surface area contributed by atoms with Crippen LogP contribution in [-0.2, 0) is 10.8 Å². The van der Waals surface area contributed by atoms with Gasteiger partial charge in [0.25, 0.3) is 0 Å². The predicted molar refractivity (Wildman–Crippen MR) is 129 cm³/mol. The standard InChI is InChI=1S/C27H34ClN/c1-19-16-22(28)18-25(17-19)29(23-12-8-20(9-13-23)26(2,3)4)24-14-10-21(11-15-24)27(5,6)7/h8-16,18,25H,17H2,1-7H3. The summed E-state index contributed by atoms with van der Waals surface area (Å²) in [4.78, 5) is 2.41. The van der Waals surface area contributed by atoms with Crippen molar-refractivity contribution >= 4 is 23.0 Å². The molecule has 3 rings (SSSR count). The summed E-state index contributed by atoms with van der Waals surface area (Å²) in [5.41, 5.74) is 6.68. The van der Waals surface area contributed by atoms with E-state index in [4.69, 9.17) is 11.6 Å². The first kappa shape index (κ1) is 21.7. The van der Waals surface area contributed by atoms with Crippen LogP contribution in [0.3, 0.4) is 0 Å². The van der Waals surface area contributed by atoms with Gasteiger partial charge in [0.2, 0.25) is 0 Å². The Bertz CT molecular complexity index is 845. The largest absolute Gasteiger partial charge is 0.334 e. The maximum Gasteiger partial charge on any atom is 0.0576 e. The second-order valence-electron chi connectivity index (χ2n) is 10.3. The molecule has 0 fully saturated rings. The van der Waals surface area contributed by atoms with E-state index < -0.39 is 0 Å². The highest BCUT2D eigenvalue weighted by atomic mass is 35.5. The van der Waals surface area contributed by atoms with E-state index in [2.05, 4.69) is 114 Å². The van der Waals surface area contributed by atoms with Gasteiger partial charge < -0.3 is 4.90 Å². The molecule has 0 heterocycles. The molecule has 0 N–H and O–H groups in total. The van der Waals surface area contributed by atoms with E-state index in [1.165, 1.54) is 28.1 Å². The molecule has 0 aliphatic heterocycles. The molecule has 0 radical (unpaired) electrons. The average molecular weight is 408 g/mol. The van der Waals surface area contributed by atoms with E-state index >= 15 is 0 Å². The molecule has 1 nitrogen and oxygen atoms in total. The monoisotopic (exact) mass is 407 g/mol. The number of hydrogen-bond acceptors (Lipinski definition) is 1. The first-order chi connectivity index (χ1) is 13.4. The molecule has 0 saturated heterocycles. The van der Waals surface area contributed by atoms with Crippen LogP contribution in [0.25, 0.3) is 0 Å². The van der Waals surface area contributed by atoms with E-state index in [-0.39, 0.29) is 16.9 Å². The molecule has 0 aromatic heterocycles. The molecule has 1 aliphatic rings. The number of hydrogen-bond donors (Lipinski definition) is 0. The van der Waals surface area contributed by atoms with E-state index in [1.807, 2.05) is 0 Å². The van der Waals surface area contributed by atoms with Gasteiger partial charge in [-0.2, -0.15) is 0 Å².